The number of aromatic nitrogens is 2. The molecule has 0 aliphatic heterocycles. The monoisotopic (exact) mass is 600 g/mol. The van der Waals surface area contributed by atoms with Gasteiger partial charge in [-0.3, -0.25) is 9.52 Å². The second kappa shape index (κ2) is 12.6. The summed E-state index contributed by atoms with van der Waals surface area (Å²) in [5.74, 6) is 0.0883. The molecule has 0 aliphatic rings. The number of phenols is 2. The van der Waals surface area contributed by atoms with Crippen LogP contribution in [0.5, 0.6) is 17.2 Å². The highest BCUT2D eigenvalue weighted by Gasteiger charge is 2.20. The Morgan fingerprint density at radius 1 is 0.814 bits per heavy atom. The van der Waals surface area contributed by atoms with Crippen molar-refractivity contribution in [3.63, 3.8) is 0 Å². The van der Waals surface area contributed by atoms with Crippen LogP contribution in [-0.2, 0) is 21.4 Å². The van der Waals surface area contributed by atoms with Gasteiger partial charge in [-0.1, -0.05) is 30.3 Å². The molecule has 0 spiro atoms. The van der Waals surface area contributed by atoms with Crippen LogP contribution < -0.4 is 25.4 Å². The third kappa shape index (κ3) is 7.47. The lowest BCUT2D eigenvalue weighted by Crippen LogP contribution is -2.27. The Labute approximate surface area is 247 Å². The number of carbonyl (C=O) groups is 1. The summed E-state index contributed by atoms with van der Waals surface area (Å²) in [6.45, 7) is 0.325. The fourth-order valence-corrected chi connectivity index (χ4v) is 5.24. The topological polar surface area (TPSA) is 175 Å². The third-order valence-electron chi connectivity index (χ3n) is 6.14. The van der Waals surface area contributed by atoms with Crippen LogP contribution >= 0.6 is 0 Å². The highest BCUT2D eigenvalue weighted by atomic mass is 32.2. The van der Waals surface area contributed by atoms with Crippen LogP contribution in [0, 0.1) is 0 Å². The molecule has 1 heterocycles. The van der Waals surface area contributed by atoms with Crippen LogP contribution in [-0.4, -0.2) is 48.2 Å². The predicted octanol–water partition coefficient (Wildman–Crippen LogP) is 4.32. The van der Waals surface area contributed by atoms with E-state index in [1.807, 2.05) is 6.07 Å². The van der Waals surface area contributed by atoms with Crippen molar-refractivity contribution in [2.45, 2.75) is 11.4 Å². The van der Waals surface area contributed by atoms with Crippen molar-refractivity contribution in [3.8, 4) is 17.2 Å². The van der Waals surface area contributed by atoms with Gasteiger partial charge < -0.3 is 30.9 Å². The second-order valence-electron chi connectivity index (χ2n) is 9.41. The lowest BCUT2D eigenvalue weighted by Gasteiger charge is -2.15. The number of hydrogen-bond donors (Lipinski definition) is 6. The maximum Gasteiger partial charge on any atom is 0.263 e. The molecule has 43 heavy (non-hydrogen) atoms. The summed E-state index contributed by atoms with van der Waals surface area (Å²) >= 11 is 0. The van der Waals surface area contributed by atoms with Crippen LogP contribution in [0.15, 0.2) is 95.9 Å². The van der Waals surface area contributed by atoms with Crippen LogP contribution in [0.4, 0.5) is 23.0 Å². The first-order chi connectivity index (χ1) is 20.7. The predicted molar refractivity (Wildman–Crippen MR) is 163 cm³/mol. The van der Waals surface area contributed by atoms with Gasteiger partial charge in [-0.05, 0) is 48.0 Å². The number of rotatable bonds is 11. The number of nitrogens with zero attached hydrogens (tertiary/aromatic N) is 2. The first-order valence-electron chi connectivity index (χ1n) is 13.0. The van der Waals surface area contributed by atoms with Gasteiger partial charge in [-0.25, -0.2) is 18.4 Å². The van der Waals surface area contributed by atoms with Gasteiger partial charge in [-0.15, -0.1) is 0 Å². The molecule has 0 radical (unpaired) electrons. The molecule has 12 nitrogen and oxygen atoms in total. The first-order valence-corrected chi connectivity index (χ1v) is 14.5. The summed E-state index contributed by atoms with van der Waals surface area (Å²) in [5, 5.41) is 28.3. The number of benzene rings is 4. The standard InChI is InChI=1S/C30H28N6O6S/c1-42-24-14-21(13-23(38)16-24)33-29-30(35-27-11-3-2-10-26(27)34-29)36-43(40,41)25-9-5-7-20(15-25)32-28(39)18-31-17-19-6-4-8-22(37)12-19/h2-16,31,37-38H,17-18H2,1H3,(H,32,39)(H,33,34)(H,35,36). The number of para-hydroxylation sites is 2. The minimum atomic E-state index is -4.19. The number of nitrogens with one attached hydrogen (secondary N) is 4. The van der Waals surface area contributed by atoms with Gasteiger partial charge in [0.2, 0.25) is 5.91 Å². The Kier molecular flexibility index (Phi) is 8.55. The average molecular weight is 601 g/mol. The van der Waals surface area contributed by atoms with E-state index in [2.05, 4.69) is 30.6 Å². The minimum Gasteiger partial charge on any atom is -0.508 e. The molecule has 0 aliphatic carbocycles. The lowest BCUT2D eigenvalue weighted by atomic mass is 10.2. The molecule has 220 valence electrons. The van der Waals surface area contributed by atoms with Crippen molar-refractivity contribution >= 4 is 50.0 Å². The van der Waals surface area contributed by atoms with Gasteiger partial charge in [0.15, 0.2) is 11.6 Å². The molecule has 1 aromatic heterocycles. The number of aromatic hydroxyl groups is 2. The molecular weight excluding hydrogens is 572 g/mol. The number of amides is 1. The van der Waals surface area contributed by atoms with E-state index in [9.17, 15) is 23.4 Å². The van der Waals surface area contributed by atoms with Gasteiger partial charge >= 0.3 is 0 Å². The highest BCUT2D eigenvalue weighted by Crippen LogP contribution is 2.31. The van der Waals surface area contributed by atoms with Gasteiger partial charge in [0.1, 0.15) is 17.2 Å². The summed E-state index contributed by atoms with van der Waals surface area (Å²) < 4.78 is 34.7. The molecule has 0 fully saturated rings. The molecular formula is C30H28N6O6S. The maximum atomic E-state index is 13.5. The fraction of sp³-hybridized carbons (Fsp3) is 0.100. The van der Waals surface area contributed by atoms with Crippen LogP contribution in [0.3, 0.4) is 0 Å². The number of carbonyl (C=O) groups excluding carboxylic acids is 1. The van der Waals surface area contributed by atoms with Crippen molar-refractivity contribution < 1.29 is 28.2 Å². The van der Waals surface area contributed by atoms with E-state index in [0.717, 1.165) is 5.56 Å². The van der Waals surface area contributed by atoms with Crippen molar-refractivity contribution in [3.05, 3.63) is 96.6 Å². The molecule has 0 saturated heterocycles. The molecule has 5 rings (SSSR count). The summed E-state index contributed by atoms with van der Waals surface area (Å²) in [5.41, 5.74) is 2.45. The molecule has 1 amide bonds. The number of methoxy groups -OCH3 is 1. The molecule has 5 aromatic rings. The van der Waals surface area contributed by atoms with E-state index >= 15 is 0 Å². The zero-order valence-corrected chi connectivity index (χ0v) is 23.7. The van der Waals surface area contributed by atoms with Crippen molar-refractivity contribution in [2.75, 3.05) is 29.0 Å². The van der Waals surface area contributed by atoms with E-state index in [1.54, 1.807) is 54.6 Å². The highest BCUT2D eigenvalue weighted by molar-refractivity contribution is 7.92. The van der Waals surface area contributed by atoms with E-state index in [1.165, 1.54) is 37.4 Å². The first kappa shape index (κ1) is 29.1. The van der Waals surface area contributed by atoms with Gasteiger partial charge in [-0.2, -0.15) is 0 Å². The number of fused-ring (bicyclic) bond motifs is 1. The second-order valence-corrected chi connectivity index (χ2v) is 11.1. The lowest BCUT2D eigenvalue weighted by molar-refractivity contribution is -0.115. The number of hydrogen-bond acceptors (Lipinski definition) is 10. The molecule has 13 heteroatoms. The van der Waals surface area contributed by atoms with Crippen molar-refractivity contribution in [1.29, 1.82) is 0 Å². The largest absolute Gasteiger partial charge is 0.508 e. The van der Waals surface area contributed by atoms with Crippen LogP contribution in [0.2, 0.25) is 0 Å². The quantitative estimate of drug-likeness (QED) is 0.128. The SMILES string of the molecule is COc1cc(O)cc(Nc2nc3ccccc3nc2NS(=O)(=O)c2cccc(NC(=O)CNCc3cccc(O)c3)c2)c1. The molecule has 0 atom stereocenters. The Morgan fingerprint density at radius 3 is 2.30 bits per heavy atom. The Hall–Kier alpha value is -5.40. The maximum absolute atomic E-state index is 13.5. The number of phenolic OH excluding ortho intramolecular Hbond substituents is 2. The number of ether oxygens (including phenoxy) is 1. The molecule has 4 aromatic carbocycles. The van der Waals surface area contributed by atoms with Crippen LogP contribution in [0.25, 0.3) is 11.0 Å². The Bertz CT molecular complexity index is 1900. The molecule has 0 saturated carbocycles. The van der Waals surface area contributed by atoms with Crippen LogP contribution in [0.1, 0.15) is 5.56 Å². The fourth-order valence-electron chi connectivity index (χ4n) is 4.19. The summed E-state index contributed by atoms with van der Waals surface area (Å²) in [6, 6.07) is 23.9. The van der Waals surface area contributed by atoms with E-state index < -0.39 is 10.0 Å². The molecule has 0 unspecified atom stereocenters. The van der Waals surface area contributed by atoms with Gasteiger partial charge in [0.25, 0.3) is 10.0 Å². The number of anilines is 4. The zero-order valence-electron chi connectivity index (χ0n) is 22.9. The van der Waals surface area contributed by atoms with Gasteiger partial charge in [0.05, 0.1) is 29.6 Å². The Morgan fingerprint density at radius 2 is 1.56 bits per heavy atom. The summed E-state index contributed by atoms with van der Waals surface area (Å²) in [7, 11) is -2.73. The van der Waals surface area contributed by atoms with Crippen molar-refractivity contribution in [1.82, 2.24) is 15.3 Å². The summed E-state index contributed by atoms with van der Waals surface area (Å²) in [6.07, 6.45) is 0. The molecule has 0 bridgehead atoms. The smallest absolute Gasteiger partial charge is 0.263 e. The van der Waals surface area contributed by atoms with E-state index in [-0.39, 0.29) is 46.2 Å². The normalized spacial score (nSPS) is 11.2. The average Bonchev–Trinajstić information content (AvgIpc) is 2.97. The van der Waals surface area contributed by atoms with Gasteiger partial charge in [0, 0.05) is 36.1 Å². The Balaban J connectivity index is 1.34. The van der Waals surface area contributed by atoms with E-state index in [4.69, 9.17) is 4.74 Å². The number of sulfonamides is 1. The molecule has 6 N–H and O–H groups in total. The summed E-state index contributed by atoms with van der Waals surface area (Å²) in [4.78, 5) is 21.4. The van der Waals surface area contributed by atoms with E-state index in [0.29, 0.717) is 29.0 Å². The third-order valence-corrected chi connectivity index (χ3v) is 7.48. The minimum absolute atomic E-state index is 0.0353. The zero-order chi connectivity index (χ0) is 30.4. The van der Waals surface area contributed by atoms with Crippen molar-refractivity contribution in [2.24, 2.45) is 0 Å².